The molecule has 2 aromatic rings. The number of hydrogen-bond donors (Lipinski definition) is 2. The lowest BCUT2D eigenvalue weighted by molar-refractivity contribution is 0.301. The summed E-state index contributed by atoms with van der Waals surface area (Å²) >= 11 is 0. The van der Waals surface area contributed by atoms with Gasteiger partial charge in [0, 0.05) is 19.2 Å². The molecule has 0 aliphatic heterocycles. The second-order valence-corrected chi connectivity index (χ2v) is 3.93. The summed E-state index contributed by atoms with van der Waals surface area (Å²) < 4.78 is 0. The SMILES string of the molecule is Nc1cc(N(CCO)Cc2ccccc2)ncn1. The van der Waals surface area contributed by atoms with Crippen LogP contribution in [-0.4, -0.2) is 28.2 Å². The largest absolute Gasteiger partial charge is 0.395 e. The first-order valence-corrected chi connectivity index (χ1v) is 5.77. The smallest absolute Gasteiger partial charge is 0.134 e. The summed E-state index contributed by atoms with van der Waals surface area (Å²) in [5.41, 5.74) is 6.80. The number of nitrogens with zero attached hydrogens (tertiary/aromatic N) is 3. The Labute approximate surface area is 106 Å². The van der Waals surface area contributed by atoms with Crippen molar-refractivity contribution >= 4 is 11.6 Å². The van der Waals surface area contributed by atoms with E-state index in [1.54, 1.807) is 6.07 Å². The lowest BCUT2D eigenvalue weighted by Crippen LogP contribution is -2.27. The first-order valence-electron chi connectivity index (χ1n) is 5.77. The summed E-state index contributed by atoms with van der Waals surface area (Å²) in [5, 5.41) is 9.13. The van der Waals surface area contributed by atoms with Gasteiger partial charge in [0.15, 0.2) is 0 Å². The van der Waals surface area contributed by atoms with Gasteiger partial charge in [-0.2, -0.15) is 0 Å². The van der Waals surface area contributed by atoms with Crippen LogP contribution in [0.5, 0.6) is 0 Å². The van der Waals surface area contributed by atoms with Gasteiger partial charge >= 0.3 is 0 Å². The minimum Gasteiger partial charge on any atom is -0.395 e. The summed E-state index contributed by atoms with van der Waals surface area (Å²) in [6.07, 6.45) is 1.43. The maximum atomic E-state index is 9.13. The van der Waals surface area contributed by atoms with Crippen LogP contribution >= 0.6 is 0 Å². The van der Waals surface area contributed by atoms with E-state index in [1.807, 2.05) is 35.2 Å². The Kier molecular flexibility index (Phi) is 4.09. The summed E-state index contributed by atoms with van der Waals surface area (Å²) in [5.74, 6) is 1.15. The molecule has 1 heterocycles. The third-order valence-corrected chi connectivity index (χ3v) is 2.58. The molecule has 1 aromatic heterocycles. The summed E-state index contributed by atoms with van der Waals surface area (Å²) in [6, 6.07) is 11.7. The molecule has 0 unspecified atom stereocenters. The summed E-state index contributed by atoms with van der Waals surface area (Å²) in [7, 11) is 0. The highest BCUT2D eigenvalue weighted by Gasteiger charge is 2.08. The van der Waals surface area contributed by atoms with Crippen LogP contribution in [0.4, 0.5) is 11.6 Å². The van der Waals surface area contributed by atoms with Crippen molar-refractivity contribution in [2.75, 3.05) is 23.8 Å². The van der Waals surface area contributed by atoms with E-state index in [2.05, 4.69) is 9.97 Å². The first-order chi connectivity index (χ1) is 8.79. The first kappa shape index (κ1) is 12.3. The number of aliphatic hydroxyl groups excluding tert-OH is 1. The third kappa shape index (κ3) is 3.18. The highest BCUT2D eigenvalue weighted by atomic mass is 16.3. The fourth-order valence-corrected chi connectivity index (χ4v) is 1.73. The van der Waals surface area contributed by atoms with Crippen molar-refractivity contribution in [2.24, 2.45) is 0 Å². The lowest BCUT2D eigenvalue weighted by Gasteiger charge is -2.22. The molecule has 1 aromatic carbocycles. The van der Waals surface area contributed by atoms with Crippen molar-refractivity contribution in [3.05, 3.63) is 48.3 Å². The maximum Gasteiger partial charge on any atom is 0.134 e. The van der Waals surface area contributed by atoms with Crippen molar-refractivity contribution in [3.63, 3.8) is 0 Å². The van der Waals surface area contributed by atoms with Gasteiger partial charge in [-0.05, 0) is 5.56 Å². The molecule has 0 aliphatic rings. The minimum absolute atomic E-state index is 0.0662. The monoisotopic (exact) mass is 244 g/mol. The molecule has 0 atom stereocenters. The zero-order valence-corrected chi connectivity index (χ0v) is 10.0. The standard InChI is InChI=1S/C13H16N4O/c14-12-8-13(16-10-15-12)17(6-7-18)9-11-4-2-1-3-5-11/h1-5,8,10,18H,6-7,9H2,(H2,14,15,16). The Balaban J connectivity index is 2.18. The van der Waals surface area contributed by atoms with Crippen molar-refractivity contribution in [2.45, 2.75) is 6.54 Å². The van der Waals surface area contributed by atoms with Crippen molar-refractivity contribution < 1.29 is 5.11 Å². The van der Waals surface area contributed by atoms with Gasteiger partial charge in [-0.1, -0.05) is 30.3 Å². The molecule has 18 heavy (non-hydrogen) atoms. The van der Waals surface area contributed by atoms with Crippen molar-refractivity contribution in [3.8, 4) is 0 Å². The molecule has 2 rings (SSSR count). The molecule has 94 valence electrons. The zero-order valence-electron chi connectivity index (χ0n) is 10.0. The van der Waals surface area contributed by atoms with Crippen molar-refractivity contribution in [1.29, 1.82) is 0 Å². The minimum atomic E-state index is 0.0662. The van der Waals surface area contributed by atoms with E-state index in [-0.39, 0.29) is 6.61 Å². The topological polar surface area (TPSA) is 75.3 Å². The van der Waals surface area contributed by atoms with Gasteiger partial charge in [0.25, 0.3) is 0 Å². The van der Waals surface area contributed by atoms with Crippen LogP contribution in [0.15, 0.2) is 42.7 Å². The molecular formula is C13H16N4O. The normalized spacial score (nSPS) is 10.3. The van der Waals surface area contributed by atoms with Gasteiger partial charge in [-0.25, -0.2) is 9.97 Å². The number of aliphatic hydroxyl groups is 1. The van der Waals surface area contributed by atoms with E-state index in [9.17, 15) is 0 Å². The molecule has 0 fully saturated rings. The molecule has 0 aliphatic carbocycles. The summed E-state index contributed by atoms with van der Waals surface area (Å²) in [6.45, 7) is 1.25. The third-order valence-electron chi connectivity index (χ3n) is 2.58. The number of nitrogen functional groups attached to an aromatic ring is 1. The number of nitrogens with two attached hydrogens (primary N) is 1. The van der Waals surface area contributed by atoms with E-state index >= 15 is 0 Å². The Morgan fingerprint density at radius 1 is 1.17 bits per heavy atom. The molecule has 0 bridgehead atoms. The Hall–Kier alpha value is -2.14. The maximum absolute atomic E-state index is 9.13. The van der Waals surface area contributed by atoms with Gasteiger partial charge in [-0.3, -0.25) is 0 Å². The predicted molar refractivity (Wildman–Crippen MR) is 71.0 cm³/mol. The van der Waals surface area contributed by atoms with Crippen LogP contribution in [0.1, 0.15) is 5.56 Å². The fourth-order valence-electron chi connectivity index (χ4n) is 1.73. The van der Waals surface area contributed by atoms with Crippen LogP contribution in [0, 0.1) is 0 Å². The van der Waals surface area contributed by atoms with Crippen LogP contribution in [0.2, 0.25) is 0 Å². The molecule has 5 nitrogen and oxygen atoms in total. The Bertz CT molecular complexity index is 489. The average Bonchev–Trinajstić information content (AvgIpc) is 2.39. The van der Waals surface area contributed by atoms with E-state index in [0.29, 0.717) is 18.9 Å². The number of aromatic nitrogens is 2. The Morgan fingerprint density at radius 3 is 2.61 bits per heavy atom. The second kappa shape index (κ2) is 5.97. The predicted octanol–water partition coefficient (Wildman–Crippen LogP) is 1.06. The number of rotatable bonds is 5. The molecule has 0 amide bonds. The highest BCUT2D eigenvalue weighted by molar-refractivity contribution is 5.46. The number of anilines is 2. The van der Waals surface area contributed by atoms with Crippen LogP contribution < -0.4 is 10.6 Å². The van der Waals surface area contributed by atoms with Gasteiger partial charge in [0.2, 0.25) is 0 Å². The second-order valence-electron chi connectivity index (χ2n) is 3.93. The molecule has 0 spiro atoms. The van der Waals surface area contributed by atoms with Gasteiger partial charge in [0.05, 0.1) is 6.61 Å². The highest BCUT2D eigenvalue weighted by Crippen LogP contribution is 2.15. The zero-order chi connectivity index (χ0) is 12.8. The van der Waals surface area contributed by atoms with E-state index in [0.717, 1.165) is 11.4 Å². The van der Waals surface area contributed by atoms with Crippen LogP contribution in [-0.2, 0) is 6.54 Å². The number of benzene rings is 1. The van der Waals surface area contributed by atoms with Gasteiger partial charge in [-0.15, -0.1) is 0 Å². The molecule has 0 radical (unpaired) electrons. The summed E-state index contributed by atoms with van der Waals surface area (Å²) in [4.78, 5) is 10.0. The van der Waals surface area contributed by atoms with Crippen LogP contribution in [0.25, 0.3) is 0 Å². The van der Waals surface area contributed by atoms with E-state index in [1.165, 1.54) is 6.33 Å². The number of hydrogen-bond acceptors (Lipinski definition) is 5. The van der Waals surface area contributed by atoms with Gasteiger partial charge in [0.1, 0.15) is 18.0 Å². The van der Waals surface area contributed by atoms with E-state index < -0.39 is 0 Å². The van der Waals surface area contributed by atoms with Gasteiger partial charge < -0.3 is 15.7 Å². The van der Waals surface area contributed by atoms with Crippen LogP contribution in [0.3, 0.4) is 0 Å². The molecule has 3 N–H and O–H groups in total. The molecular weight excluding hydrogens is 228 g/mol. The molecule has 0 saturated carbocycles. The van der Waals surface area contributed by atoms with E-state index in [4.69, 9.17) is 10.8 Å². The van der Waals surface area contributed by atoms with Crippen molar-refractivity contribution in [1.82, 2.24) is 9.97 Å². The molecule has 0 saturated heterocycles. The lowest BCUT2D eigenvalue weighted by atomic mass is 10.2. The fraction of sp³-hybridized carbons (Fsp3) is 0.231. The molecule has 5 heteroatoms. The average molecular weight is 244 g/mol. The quantitative estimate of drug-likeness (QED) is 0.822. The Morgan fingerprint density at radius 2 is 1.94 bits per heavy atom.